The Kier molecular flexibility index (Phi) is 6.58. The lowest BCUT2D eigenvalue weighted by Gasteiger charge is -2.21. The molecule has 0 unspecified atom stereocenters. The molecule has 1 amide bonds. The molecule has 0 saturated carbocycles. The first-order chi connectivity index (χ1) is 11.8. The van der Waals surface area contributed by atoms with Crippen molar-refractivity contribution in [2.75, 3.05) is 19.3 Å². The number of amides is 1. The second kappa shape index (κ2) is 8.47. The lowest BCUT2D eigenvalue weighted by atomic mass is 10.1. The third-order valence-electron chi connectivity index (χ3n) is 3.83. The number of sulfonamides is 1. The summed E-state index contributed by atoms with van der Waals surface area (Å²) in [6.45, 7) is 2.65. The van der Waals surface area contributed by atoms with Gasteiger partial charge >= 0.3 is 0 Å². The number of hydrogen-bond acceptors (Lipinski definition) is 3. The normalized spacial score (nSPS) is 11.5. The zero-order chi connectivity index (χ0) is 18.4. The highest BCUT2D eigenvalue weighted by atomic mass is 35.5. The number of halogens is 1. The molecule has 0 atom stereocenters. The Bertz CT molecular complexity index is 836. The van der Waals surface area contributed by atoms with Gasteiger partial charge in [-0.25, -0.2) is 8.42 Å². The molecule has 0 spiro atoms. The van der Waals surface area contributed by atoms with Crippen molar-refractivity contribution in [2.45, 2.75) is 13.5 Å². The molecule has 0 fully saturated rings. The minimum Gasteiger partial charge on any atom is -0.351 e. The Labute approximate surface area is 153 Å². The van der Waals surface area contributed by atoms with E-state index >= 15 is 0 Å². The predicted octanol–water partition coefficient (Wildman–Crippen LogP) is 2.84. The molecular weight excluding hydrogens is 360 g/mol. The first kappa shape index (κ1) is 19.4. The van der Waals surface area contributed by atoms with Crippen LogP contribution in [0.15, 0.2) is 48.5 Å². The summed E-state index contributed by atoms with van der Waals surface area (Å²) in [7, 11) is -3.38. The molecule has 0 heterocycles. The van der Waals surface area contributed by atoms with Crippen LogP contribution >= 0.6 is 11.6 Å². The summed E-state index contributed by atoms with van der Waals surface area (Å²) < 4.78 is 25.4. The van der Waals surface area contributed by atoms with Crippen molar-refractivity contribution in [3.63, 3.8) is 0 Å². The number of carbonyl (C=O) groups is 1. The van der Waals surface area contributed by atoms with Crippen LogP contribution in [0.25, 0.3) is 0 Å². The highest BCUT2D eigenvalue weighted by molar-refractivity contribution is 7.88. The maximum Gasteiger partial charge on any atom is 0.251 e. The maximum atomic E-state index is 12.1. The molecular formula is C18H21ClN2O3S. The molecule has 2 rings (SSSR count). The fraction of sp³-hybridized carbons (Fsp3) is 0.278. The molecule has 0 aliphatic heterocycles. The minimum absolute atomic E-state index is 0.201. The van der Waals surface area contributed by atoms with Gasteiger partial charge in [0.1, 0.15) is 0 Å². The smallest absolute Gasteiger partial charge is 0.251 e. The van der Waals surface area contributed by atoms with E-state index in [1.165, 1.54) is 10.6 Å². The van der Waals surface area contributed by atoms with Gasteiger partial charge in [0.25, 0.3) is 5.91 Å². The predicted molar refractivity (Wildman–Crippen MR) is 100 cm³/mol. The van der Waals surface area contributed by atoms with E-state index in [0.29, 0.717) is 10.6 Å². The molecule has 0 aliphatic carbocycles. The van der Waals surface area contributed by atoms with Crippen LogP contribution in [0, 0.1) is 6.92 Å². The average Bonchev–Trinajstić information content (AvgIpc) is 2.55. The van der Waals surface area contributed by atoms with E-state index in [1.54, 1.807) is 24.3 Å². The summed E-state index contributed by atoms with van der Waals surface area (Å²) in [5.74, 6) is -0.263. The lowest BCUT2D eigenvalue weighted by molar-refractivity contribution is 0.0951. The Morgan fingerprint density at radius 3 is 2.36 bits per heavy atom. The number of nitrogens with one attached hydrogen (secondary N) is 1. The first-order valence-electron chi connectivity index (χ1n) is 7.81. The van der Waals surface area contributed by atoms with Gasteiger partial charge in [-0.05, 0) is 42.3 Å². The van der Waals surface area contributed by atoms with Gasteiger partial charge in [-0.2, -0.15) is 4.31 Å². The minimum atomic E-state index is -3.38. The van der Waals surface area contributed by atoms with Crippen molar-refractivity contribution < 1.29 is 13.2 Å². The Morgan fingerprint density at radius 1 is 1.12 bits per heavy atom. The van der Waals surface area contributed by atoms with Crippen LogP contribution in [-0.4, -0.2) is 38.0 Å². The number of aryl methyl sites for hydroxylation is 1. The Morgan fingerprint density at radius 2 is 1.76 bits per heavy atom. The van der Waals surface area contributed by atoms with E-state index in [0.717, 1.165) is 11.1 Å². The van der Waals surface area contributed by atoms with Gasteiger partial charge in [-0.15, -0.1) is 0 Å². The van der Waals surface area contributed by atoms with E-state index in [1.807, 2.05) is 31.2 Å². The topological polar surface area (TPSA) is 66.5 Å². The van der Waals surface area contributed by atoms with Crippen molar-refractivity contribution >= 4 is 27.5 Å². The Hall–Kier alpha value is -1.89. The largest absolute Gasteiger partial charge is 0.351 e. The van der Waals surface area contributed by atoms with Crippen LogP contribution in [0.2, 0.25) is 5.02 Å². The second-order valence-corrected chi connectivity index (χ2v) is 8.20. The molecule has 0 aromatic heterocycles. The van der Waals surface area contributed by atoms with Gasteiger partial charge in [0.2, 0.25) is 10.0 Å². The van der Waals surface area contributed by atoms with Gasteiger partial charge in [0, 0.05) is 30.2 Å². The molecule has 0 bridgehead atoms. The van der Waals surface area contributed by atoms with Gasteiger partial charge in [0.15, 0.2) is 0 Å². The number of nitrogens with zero attached hydrogens (tertiary/aromatic N) is 1. The highest BCUT2D eigenvalue weighted by Gasteiger charge is 2.18. The van der Waals surface area contributed by atoms with Gasteiger partial charge in [-0.1, -0.05) is 35.9 Å². The number of hydrogen-bond donors (Lipinski definition) is 1. The second-order valence-electron chi connectivity index (χ2n) is 5.79. The average molecular weight is 381 g/mol. The summed E-state index contributed by atoms with van der Waals surface area (Å²) in [4.78, 5) is 12.1. The summed E-state index contributed by atoms with van der Waals surface area (Å²) in [6, 6.07) is 14.2. The molecule has 7 heteroatoms. The molecule has 2 aromatic carbocycles. The summed E-state index contributed by atoms with van der Waals surface area (Å²) in [5.41, 5.74) is 2.45. The zero-order valence-corrected chi connectivity index (χ0v) is 15.8. The molecule has 134 valence electrons. The number of rotatable bonds is 7. The van der Waals surface area contributed by atoms with E-state index in [2.05, 4.69) is 5.32 Å². The fourth-order valence-corrected chi connectivity index (χ4v) is 3.26. The third kappa shape index (κ3) is 5.85. The van der Waals surface area contributed by atoms with Crippen LogP contribution in [0.4, 0.5) is 0 Å². The van der Waals surface area contributed by atoms with Crippen LogP contribution < -0.4 is 5.32 Å². The van der Waals surface area contributed by atoms with Crippen LogP contribution in [0.5, 0.6) is 0 Å². The maximum absolute atomic E-state index is 12.1. The molecule has 2 aromatic rings. The van der Waals surface area contributed by atoms with E-state index < -0.39 is 10.0 Å². The Balaban J connectivity index is 1.98. The van der Waals surface area contributed by atoms with Crippen LogP contribution in [0.1, 0.15) is 21.5 Å². The molecule has 0 saturated heterocycles. The fourth-order valence-electron chi connectivity index (χ4n) is 2.34. The van der Waals surface area contributed by atoms with Crippen molar-refractivity contribution in [3.05, 3.63) is 70.2 Å². The van der Waals surface area contributed by atoms with Crippen LogP contribution in [0.3, 0.4) is 0 Å². The molecule has 25 heavy (non-hydrogen) atoms. The highest BCUT2D eigenvalue weighted by Crippen LogP contribution is 2.13. The van der Waals surface area contributed by atoms with Gasteiger partial charge < -0.3 is 5.32 Å². The monoisotopic (exact) mass is 380 g/mol. The van der Waals surface area contributed by atoms with Crippen molar-refractivity contribution in [1.29, 1.82) is 0 Å². The number of benzene rings is 2. The molecule has 0 radical (unpaired) electrons. The SMILES string of the molecule is Cc1ccccc1CN(CCNC(=O)c1ccc(Cl)cc1)S(C)(=O)=O. The lowest BCUT2D eigenvalue weighted by Crippen LogP contribution is -2.37. The standard InChI is InChI=1S/C18H21ClN2O3S/c1-14-5-3-4-6-16(14)13-21(25(2,23)24)12-11-20-18(22)15-7-9-17(19)10-8-15/h3-10H,11-13H2,1-2H3,(H,20,22). The summed E-state index contributed by atoms with van der Waals surface area (Å²) in [5, 5.41) is 3.29. The van der Waals surface area contributed by atoms with E-state index in [4.69, 9.17) is 11.6 Å². The van der Waals surface area contributed by atoms with Crippen LogP contribution in [-0.2, 0) is 16.6 Å². The van der Waals surface area contributed by atoms with E-state index in [-0.39, 0.29) is 25.5 Å². The zero-order valence-electron chi connectivity index (χ0n) is 14.2. The summed E-state index contributed by atoms with van der Waals surface area (Å²) >= 11 is 5.80. The van der Waals surface area contributed by atoms with Crippen molar-refractivity contribution in [1.82, 2.24) is 9.62 Å². The quantitative estimate of drug-likeness (QED) is 0.803. The van der Waals surface area contributed by atoms with Crippen molar-refractivity contribution in [3.8, 4) is 0 Å². The number of carbonyl (C=O) groups excluding carboxylic acids is 1. The third-order valence-corrected chi connectivity index (χ3v) is 5.33. The van der Waals surface area contributed by atoms with Crippen molar-refractivity contribution in [2.24, 2.45) is 0 Å². The summed E-state index contributed by atoms with van der Waals surface area (Å²) in [6.07, 6.45) is 1.17. The molecule has 0 aliphatic rings. The van der Waals surface area contributed by atoms with E-state index in [9.17, 15) is 13.2 Å². The van der Waals surface area contributed by atoms with Gasteiger partial charge in [-0.3, -0.25) is 4.79 Å². The molecule has 1 N–H and O–H groups in total. The first-order valence-corrected chi connectivity index (χ1v) is 10.0. The van der Waals surface area contributed by atoms with Gasteiger partial charge in [0.05, 0.1) is 6.26 Å². The molecule has 5 nitrogen and oxygen atoms in total.